The Morgan fingerprint density at radius 3 is 2.76 bits per heavy atom. The van der Waals surface area contributed by atoms with Crippen molar-refractivity contribution in [1.29, 1.82) is 0 Å². The summed E-state index contributed by atoms with van der Waals surface area (Å²) in [7, 11) is 4.05. The van der Waals surface area contributed by atoms with E-state index < -0.39 is 0 Å². The molecule has 1 heterocycles. The first-order valence-electron chi connectivity index (χ1n) is 7.81. The Morgan fingerprint density at radius 1 is 1.38 bits per heavy atom. The van der Waals surface area contributed by atoms with Crippen LogP contribution in [0.25, 0.3) is 0 Å². The molecule has 0 bridgehead atoms. The van der Waals surface area contributed by atoms with Crippen LogP contribution in [0.1, 0.15) is 24.0 Å². The average Bonchev–Trinajstić information content (AvgIpc) is 2.47. The first-order valence-corrected chi connectivity index (χ1v) is 7.81. The second kappa shape index (κ2) is 7.46. The molecule has 21 heavy (non-hydrogen) atoms. The molecule has 116 valence electrons. The molecule has 2 rings (SSSR count). The predicted octanol–water partition coefficient (Wildman–Crippen LogP) is 2.27. The van der Waals surface area contributed by atoms with Crippen molar-refractivity contribution in [3.05, 3.63) is 35.4 Å². The fourth-order valence-corrected chi connectivity index (χ4v) is 2.85. The van der Waals surface area contributed by atoms with Gasteiger partial charge in [-0.1, -0.05) is 29.8 Å². The van der Waals surface area contributed by atoms with Crippen LogP contribution in [0.3, 0.4) is 0 Å². The number of carbonyl (C=O) groups is 1. The minimum Gasteiger partial charge on any atom is -0.338 e. The molecule has 4 heteroatoms. The van der Waals surface area contributed by atoms with Gasteiger partial charge in [-0.15, -0.1) is 0 Å². The van der Waals surface area contributed by atoms with Gasteiger partial charge in [-0.25, -0.2) is 4.79 Å². The molecule has 0 spiro atoms. The number of nitrogens with zero attached hydrogens (tertiary/aromatic N) is 2. The van der Waals surface area contributed by atoms with Crippen molar-refractivity contribution in [2.45, 2.75) is 32.2 Å². The third-order valence-electron chi connectivity index (χ3n) is 4.33. The molecule has 1 aromatic carbocycles. The van der Waals surface area contributed by atoms with Crippen molar-refractivity contribution in [1.82, 2.24) is 15.1 Å². The number of benzene rings is 1. The number of urea groups is 1. The van der Waals surface area contributed by atoms with Crippen LogP contribution in [-0.4, -0.2) is 55.6 Å². The standard InChI is InChI=1S/C17H27N3O/c1-14-5-4-6-15(13-14)7-10-18-17(21)20(3)16-8-11-19(2)12-9-16/h4-6,13,16H,7-12H2,1-3H3,(H,18,21). The van der Waals surface area contributed by atoms with Gasteiger partial charge in [0.1, 0.15) is 0 Å². The van der Waals surface area contributed by atoms with Gasteiger partial charge in [-0.2, -0.15) is 0 Å². The zero-order valence-corrected chi connectivity index (χ0v) is 13.4. The highest BCUT2D eigenvalue weighted by Crippen LogP contribution is 2.14. The van der Waals surface area contributed by atoms with Crippen molar-refractivity contribution < 1.29 is 4.79 Å². The van der Waals surface area contributed by atoms with Gasteiger partial charge >= 0.3 is 6.03 Å². The van der Waals surface area contributed by atoms with Gasteiger partial charge in [0.2, 0.25) is 0 Å². The van der Waals surface area contributed by atoms with Crippen LogP contribution in [0.5, 0.6) is 0 Å². The SMILES string of the molecule is Cc1cccc(CCNC(=O)N(C)C2CCN(C)CC2)c1. The molecule has 1 aliphatic rings. The molecule has 4 nitrogen and oxygen atoms in total. The predicted molar refractivity (Wildman–Crippen MR) is 86.6 cm³/mol. The maximum atomic E-state index is 12.2. The molecule has 1 fully saturated rings. The second-order valence-corrected chi connectivity index (χ2v) is 6.12. The highest BCUT2D eigenvalue weighted by Gasteiger charge is 2.23. The Morgan fingerprint density at radius 2 is 2.10 bits per heavy atom. The van der Waals surface area contributed by atoms with Crippen LogP contribution in [0, 0.1) is 6.92 Å². The zero-order chi connectivity index (χ0) is 15.2. The molecule has 1 saturated heterocycles. The third-order valence-corrected chi connectivity index (χ3v) is 4.33. The first kappa shape index (κ1) is 15.8. The van der Waals surface area contributed by atoms with Crippen molar-refractivity contribution in [2.24, 2.45) is 0 Å². The van der Waals surface area contributed by atoms with E-state index in [9.17, 15) is 4.79 Å². The number of amides is 2. The van der Waals surface area contributed by atoms with E-state index in [0.717, 1.165) is 32.4 Å². The summed E-state index contributed by atoms with van der Waals surface area (Å²) in [5.41, 5.74) is 2.54. The quantitative estimate of drug-likeness (QED) is 0.923. The summed E-state index contributed by atoms with van der Waals surface area (Å²) in [5, 5.41) is 3.03. The molecule has 0 aliphatic carbocycles. The van der Waals surface area contributed by atoms with E-state index in [1.807, 2.05) is 11.9 Å². The lowest BCUT2D eigenvalue weighted by Crippen LogP contribution is -2.48. The average molecular weight is 289 g/mol. The largest absolute Gasteiger partial charge is 0.338 e. The molecular weight excluding hydrogens is 262 g/mol. The van der Waals surface area contributed by atoms with Gasteiger partial charge in [0.15, 0.2) is 0 Å². The second-order valence-electron chi connectivity index (χ2n) is 6.12. The highest BCUT2D eigenvalue weighted by molar-refractivity contribution is 5.74. The molecule has 1 aliphatic heterocycles. The Balaban J connectivity index is 1.74. The molecule has 1 N–H and O–H groups in total. The monoisotopic (exact) mass is 289 g/mol. The number of carbonyl (C=O) groups excluding carboxylic acids is 1. The van der Waals surface area contributed by atoms with Crippen LogP contribution in [0.15, 0.2) is 24.3 Å². The van der Waals surface area contributed by atoms with Crippen molar-refractivity contribution in [3.63, 3.8) is 0 Å². The van der Waals surface area contributed by atoms with Gasteiger partial charge in [-0.3, -0.25) is 0 Å². The molecule has 0 saturated carbocycles. The smallest absolute Gasteiger partial charge is 0.317 e. The van der Waals surface area contributed by atoms with E-state index in [2.05, 4.69) is 48.5 Å². The van der Waals surface area contributed by atoms with E-state index >= 15 is 0 Å². The van der Waals surface area contributed by atoms with Crippen LogP contribution >= 0.6 is 0 Å². The maximum absolute atomic E-state index is 12.2. The molecule has 1 aromatic rings. The van der Waals surface area contributed by atoms with E-state index in [0.29, 0.717) is 12.6 Å². The number of hydrogen-bond donors (Lipinski definition) is 1. The Labute approximate surface area is 128 Å². The molecule has 0 aromatic heterocycles. The molecular formula is C17H27N3O. The Kier molecular flexibility index (Phi) is 5.62. The number of aryl methyl sites for hydroxylation is 1. The van der Waals surface area contributed by atoms with E-state index in [1.54, 1.807) is 0 Å². The van der Waals surface area contributed by atoms with Gasteiger partial charge < -0.3 is 15.1 Å². The fourth-order valence-electron chi connectivity index (χ4n) is 2.85. The van der Waals surface area contributed by atoms with Crippen molar-refractivity contribution >= 4 is 6.03 Å². The Hall–Kier alpha value is -1.55. The summed E-state index contributed by atoms with van der Waals surface area (Å²) in [5.74, 6) is 0. The zero-order valence-electron chi connectivity index (χ0n) is 13.4. The number of piperidine rings is 1. The summed E-state index contributed by atoms with van der Waals surface area (Å²) >= 11 is 0. The third kappa shape index (κ3) is 4.74. The summed E-state index contributed by atoms with van der Waals surface area (Å²) < 4.78 is 0. The van der Waals surface area contributed by atoms with Gasteiger partial charge in [-0.05, 0) is 51.9 Å². The topological polar surface area (TPSA) is 35.6 Å². The fraction of sp³-hybridized carbons (Fsp3) is 0.588. The van der Waals surface area contributed by atoms with Gasteiger partial charge in [0, 0.05) is 19.6 Å². The molecule has 0 atom stereocenters. The Bertz CT molecular complexity index is 467. The normalized spacial score (nSPS) is 16.7. The van der Waals surface area contributed by atoms with Crippen molar-refractivity contribution in [2.75, 3.05) is 33.7 Å². The first-order chi connectivity index (χ1) is 10.1. The van der Waals surface area contributed by atoms with Crippen LogP contribution in [0.2, 0.25) is 0 Å². The number of likely N-dealkylation sites (tertiary alicyclic amines) is 1. The van der Waals surface area contributed by atoms with Crippen LogP contribution < -0.4 is 5.32 Å². The molecule has 0 radical (unpaired) electrons. The summed E-state index contributed by atoms with van der Waals surface area (Å²) in [6.07, 6.45) is 3.02. The van der Waals surface area contributed by atoms with E-state index in [1.165, 1.54) is 11.1 Å². The van der Waals surface area contributed by atoms with Gasteiger partial charge in [0.05, 0.1) is 0 Å². The summed E-state index contributed by atoms with van der Waals surface area (Å²) in [6, 6.07) is 8.87. The number of rotatable bonds is 4. The summed E-state index contributed by atoms with van der Waals surface area (Å²) in [4.78, 5) is 16.4. The number of hydrogen-bond acceptors (Lipinski definition) is 2. The summed E-state index contributed by atoms with van der Waals surface area (Å²) in [6.45, 7) is 4.94. The van der Waals surface area contributed by atoms with Crippen LogP contribution in [-0.2, 0) is 6.42 Å². The highest BCUT2D eigenvalue weighted by atomic mass is 16.2. The lowest BCUT2D eigenvalue weighted by molar-refractivity contribution is 0.148. The lowest BCUT2D eigenvalue weighted by Gasteiger charge is -2.35. The van der Waals surface area contributed by atoms with Gasteiger partial charge in [0.25, 0.3) is 0 Å². The van der Waals surface area contributed by atoms with E-state index in [4.69, 9.17) is 0 Å². The van der Waals surface area contributed by atoms with Crippen LogP contribution in [0.4, 0.5) is 4.79 Å². The minimum atomic E-state index is 0.0530. The molecule has 0 unspecified atom stereocenters. The molecule has 2 amide bonds. The lowest BCUT2D eigenvalue weighted by atomic mass is 10.0. The maximum Gasteiger partial charge on any atom is 0.317 e. The minimum absolute atomic E-state index is 0.0530. The van der Waals surface area contributed by atoms with E-state index in [-0.39, 0.29) is 6.03 Å². The number of nitrogens with one attached hydrogen (secondary N) is 1. The van der Waals surface area contributed by atoms with Crippen molar-refractivity contribution in [3.8, 4) is 0 Å².